The van der Waals surface area contributed by atoms with E-state index in [0.717, 1.165) is 31.8 Å². The van der Waals surface area contributed by atoms with Crippen molar-refractivity contribution < 1.29 is 4.79 Å². The predicted octanol–water partition coefficient (Wildman–Crippen LogP) is 3.98. The van der Waals surface area contributed by atoms with Crippen LogP contribution in [-0.4, -0.2) is 28.7 Å². The molecule has 0 aromatic heterocycles. The van der Waals surface area contributed by atoms with E-state index < -0.39 is 0 Å². The number of likely N-dealkylation sites (tertiary alicyclic amines) is 1. The van der Waals surface area contributed by atoms with Crippen molar-refractivity contribution in [3.63, 3.8) is 0 Å². The zero-order chi connectivity index (χ0) is 12.7. The highest BCUT2D eigenvalue weighted by atomic mass is 79.9. The quantitative estimate of drug-likeness (QED) is 0.514. The van der Waals surface area contributed by atoms with E-state index in [-0.39, 0.29) is 4.83 Å². The van der Waals surface area contributed by atoms with Crippen LogP contribution in [0.4, 0.5) is 0 Å². The third-order valence-electron chi connectivity index (χ3n) is 3.42. The molecule has 0 aromatic carbocycles. The average Bonchev–Trinajstić information content (AvgIpc) is 2.28. The third kappa shape index (κ3) is 5.89. The Balaban J connectivity index is 2.04. The number of carbonyl (C=O) groups is 1. The number of nitrogens with zero attached hydrogens (tertiary/aromatic N) is 1. The number of hydrogen-bond donors (Lipinski definition) is 0. The molecule has 1 fully saturated rings. The van der Waals surface area contributed by atoms with Gasteiger partial charge in [0.25, 0.3) is 0 Å². The van der Waals surface area contributed by atoms with Crippen molar-refractivity contribution in [2.24, 2.45) is 5.92 Å². The third-order valence-corrected chi connectivity index (χ3v) is 4.27. The van der Waals surface area contributed by atoms with E-state index in [1.54, 1.807) is 0 Å². The minimum absolute atomic E-state index is 0.0807. The molecule has 1 unspecified atom stereocenters. The van der Waals surface area contributed by atoms with Gasteiger partial charge in [-0.25, -0.2) is 0 Å². The average molecular weight is 304 g/mol. The highest BCUT2D eigenvalue weighted by Gasteiger charge is 2.25. The summed E-state index contributed by atoms with van der Waals surface area (Å²) in [5.74, 6) is 1.13. The SMILES string of the molecule is CC(C)CCCCCCN1CCCC(Br)C1=O. The second-order valence-electron chi connectivity index (χ2n) is 5.53. The molecule has 3 heteroatoms. The highest BCUT2D eigenvalue weighted by molar-refractivity contribution is 9.10. The Morgan fingerprint density at radius 3 is 2.71 bits per heavy atom. The van der Waals surface area contributed by atoms with Crippen molar-refractivity contribution in [3.8, 4) is 0 Å². The summed E-state index contributed by atoms with van der Waals surface area (Å²) in [5.41, 5.74) is 0. The fourth-order valence-electron chi connectivity index (χ4n) is 2.32. The lowest BCUT2D eigenvalue weighted by atomic mass is 10.0. The van der Waals surface area contributed by atoms with Crippen LogP contribution in [0.5, 0.6) is 0 Å². The Kier molecular flexibility index (Phi) is 7.17. The summed E-state index contributed by atoms with van der Waals surface area (Å²) >= 11 is 3.45. The van der Waals surface area contributed by atoms with Gasteiger partial charge >= 0.3 is 0 Å². The topological polar surface area (TPSA) is 20.3 Å². The smallest absolute Gasteiger partial charge is 0.236 e. The van der Waals surface area contributed by atoms with Crippen molar-refractivity contribution in [1.29, 1.82) is 0 Å². The molecule has 0 radical (unpaired) electrons. The molecule has 0 aliphatic carbocycles. The van der Waals surface area contributed by atoms with Crippen LogP contribution in [0.25, 0.3) is 0 Å². The molecule has 0 aromatic rings. The molecule has 1 aliphatic heterocycles. The summed E-state index contributed by atoms with van der Waals surface area (Å²) in [6, 6.07) is 0. The second-order valence-corrected chi connectivity index (χ2v) is 6.64. The number of hydrogen-bond acceptors (Lipinski definition) is 1. The molecular formula is C14H26BrNO. The van der Waals surface area contributed by atoms with Crippen molar-refractivity contribution >= 4 is 21.8 Å². The summed E-state index contributed by atoms with van der Waals surface area (Å²) in [7, 11) is 0. The van der Waals surface area contributed by atoms with E-state index in [0.29, 0.717) is 5.91 Å². The molecule has 17 heavy (non-hydrogen) atoms. The van der Waals surface area contributed by atoms with E-state index in [9.17, 15) is 4.79 Å². The Morgan fingerprint density at radius 2 is 2.00 bits per heavy atom. The minimum atomic E-state index is 0.0807. The molecule has 100 valence electrons. The number of amides is 1. The molecule has 0 spiro atoms. The molecule has 1 atom stereocenters. The van der Waals surface area contributed by atoms with E-state index >= 15 is 0 Å². The molecule has 2 nitrogen and oxygen atoms in total. The van der Waals surface area contributed by atoms with Crippen LogP contribution in [0.2, 0.25) is 0 Å². The maximum atomic E-state index is 11.8. The molecule has 0 bridgehead atoms. The molecule has 0 N–H and O–H groups in total. The number of piperidine rings is 1. The van der Waals surface area contributed by atoms with Gasteiger partial charge in [-0.1, -0.05) is 55.5 Å². The monoisotopic (exact) mass is 303 g/mol. The number of carbonyl (C=O) groups excluding carboxylic acids is 1. The van der Waals surface area contributed by atoms with E-state index in [1.165, 1.54) is 32.1 Å². The first kappa shape index (κ1) is 15.0. The fourth-order valence-corrected chi connectivity index (χ4v) is 2.94. The Bertz CT molecular complexity index is 230. The summed E-state index contributed by atoms with van der Waals surface area (Å²) < 4.78 is 0. The standard InChI is InChI=1S/C14H26BrNO/c1-12(2)8-5-3-4-6-10-16-11-7-9-13(15)14(16)17/h12-13H,3-11H2,1-2H3. The van der Waals surface area contributed by atoms with Crippen LogP contribution in [0, 0.1) is 5.92 Å². The lowest BCUT2D eigenvalue weighted by molar-refractivity contribution is -0.132. The summed E-state index contributed by atoms with van der Waals surface area (Å²) in [6.07, 6.45) is 8.59. The van der Waals surface area contributed by atoms with Gasteiger partial charge in [0.1, 0.15) is 0 Å². The van der Waals surface area contributed by atoms with Crippen molar-refractivity contribution in [2.45, 2.75) is 63.6 Å². The maximum absolute atomic E-state index is 11.8. The molecule has 1 aliphatic rings. The maximum Gasteiger partial charge on any atom is 0.236 e. The highest BCUT2D eigenvalue weighted by Crippen LogP contribution is 2.19. The van der Waals surface area contributed by atoms with Gasteiger partial charge in [0.2, 0.25) is 5.91 Å². The van der Waals surface area contributed by atoms with Crippen LogP contribution < -0.4 is 0 Å². The van der Waals surface area contributed by atoms with Crippen molar-refractivity contribution in [3.05, 3.63) is 0 Å². The minimum Gasteiger partial charge on any atom is -0.342 e. The molecule has 1 rings (SSSR count). The van der Waals surface area contributed by atoms with Gasteiger partial charge in [-0.3, -0.25) is 4.79 Å². The van der Waals surface area contributed by atoms with Gasteiger partial charge in [0.05, 0.1) is 4.83 Å². The van der Waals surface area contributed by atoms with Gasteiger partial charge in [-0.05, 0) is 25.2 Å². The number of halogens is 1. The first-order valence-corrected chi connectivity index (χ1v) is 7.95. The van der Waals surface area contributed by atoms with Crippen LogP contribution in [0.3, 0.4) is 0 Å². The second kappa shape index (κ2) is 8.12. The predicted molar refractivity (Wildman–Crippen MR) is 76.5 cm³/mol. The van der Waals surface area contributed by atoms with Gasteiger partial charge < -0.3 is 4.90 Å². The zero-order valence-electron chi connectivity index (χ0n) is 11.3. The van der Waals surface area contributed by atoms with Gasteiger partial charge in [-0.15, -0.1) is 0 Å². The van der Waals surface area contributed by atoms with Crippen LogP contribution in [-0.2, 0) is 4.79 Å². The lowest BCUT2D eigenvalue weighted by Crippen LogP contribution is -2.42. The molecule has 0 saturated carbocycles. The number of rotatable bonds is 7. The van der Waals surface area contributed by atoms with Crippen LogP contribution in [0.1, 0.15) is 58.8 Å². The van der Waals surface area contributed by atoms with E-state index in [1.807, 2.05) is 4.90 Å². The molecule has 1 saturated heterocycles. The van der Waals surface area contributed by atoms with E-state index in [2.05, 4.69) is 29.8 Å². The number of alkyl halides is 1. The summed E-state index contributed by atoms with van der Waals surface area (Å²) in [5, 5.41) is 0. The van der Waals surface area contributed by atoms with Gasteiger partial charge in [-0.2, -0.15) is 0 Å². The first-order valence-electron chi connectivity index (χ1n) is 7.04. The molecule has 1 heterocycles. The van der Waals surface area contributed by atoms with Crippen molar-refractivity contribution in [2.75, 3.05) is 13.1 Å². The Hall–Kier alpha value is -0.0500. The number of unbranched alkanes of at least 4 members (excludes halogenated alkanes) is 3. The lowest BCUT2D eigenvalue weighted by Gasteiger charge is -2.29. The normalized spacial score (nSPS) is 21.3. The van der Waals surface area contributed by atoms with E-state index in [4.69, 9.17) is 0 Å². The summed E-state index contributed by atoms with van der Waals surface area (Å²) in [6.45, 7) is 6.49. The molecular weight excluding hydrogens is 278 g/mol. The fraction of sp³-hybridized carbons (Fsp3) is 0.929. The summed E-state index contributed by atoms with van der Waals surface area (Å²) in [4.78, 5) is 13.9. The Labute approximate surface area is 114 Å². The van der Waals surface area contributed by atoms with Gasteiger partial charge in [0.15, 0.2) is 0 Å². The molecule has 1 amide bonds. The van der Waals surface area contributed by atoms with Crippen LogP contribution in [0.15, 0.2) is 0 Å². The van der Waals surface area contributed by atoms with Crippen LogP contribution >= 0.6 is 15.9 Å². The largest absolute Gasteiger partial charge is 0.342 e. The van der Waals surface area contributed by atoms with Crippen molar-refractivity contribution in [1.82, 2.24) is 4.90 Å². The Morgan fingerprint density at radius 1 is 1.29 bits per heavy atom. The zero-order valence-corrected chi connectivity index (χ0v) is 12.8. The first-order chi connectivity index (χ1) is 8.11. The van der Waals surface area contributed by atoms with Gasteiger partial charge in [0, 0.05) is 13.1 Å².